The number of hydrogen-bond acceptors (Lipinski definition) is 3. The summed E-state index contributed by atoms with van der Waals surface area (Å²) in [5.41, 5.74) is 3.24. The van der Waals surface area contributed by atoms with Crippen molar-refractivity contribution in [2.75, 3.05) is 0 Å². The Balaban J connectivity index is 1.46. The normalized spacial score (nSPS) is 21.7. The highest BCUT2D eigenvalue weighted by molar-refractivity contribution is 7.89. The summed E-state index contributed by atoms with van der Waals surface area (Å²) in [7, 11) is -4.02. The molecule has 0 unspecified atom stereocenters. The van der Waals surface area contributed by atoms with Crippen molar-refractivity contribution in [2.24, 2.45) is 0 Å². The Kier molecular flexibility index (Phi) is 4.29. The lowest BCUT2D eigenvalue weighted by Gasteiger charge is -2.16. The summed E-state index contributed by atoms with van der Waals surface area (Å²) in [6.45, 7) is 0. The number of aliphatic carboxylic acids is 1. The van der Waals surface area contributed by atoms with Gasteiger partial charge in [-0.2, -0.15) is 4.72 Å². The molecule has 1 fully saturated rings. The maximum absolute atomic E-state index is 13.1. The molecule has 0 aromatic heterocycles. The van der Waals surface area contributed by atoms with Crippen molar-refractivity contribution >= 4 is 27.6 Å². The van der Waals surface area contributed by atoms with Crippen LogP contribution in [-0.4, -0.2) is 25.0 Å². The zero-order valence-corrected chi connectivity index (χ0v) is 17.4. The lowest BCUT2D eigenvalue weighted by molar-refractivity contribution is -0.140. The zero-order chi connectivity index (χ0) is 21.1. The van der Waals surface area contributed by atoms with Gasteiger partial charge in [0, 0.05) is 10.9 Å². The van der Waals surface area contributed by atoms with Crippen molar-refractivity contribution in [3.63, 3.8) is 0 Å². The minimum absolute atomic E-state index is 0.0690. The fraction of sp³-hybridized carbons (Fsp3) is 0.174. The second-order valence-corrected chi connectivity index (χ2v) is 9.97. The van der Waals surface area contributed by atoms with E-state index in [4.69, 9.17) is 11.6 Å². The van der Waals surface area contributed by atoms with Gasteiger partial charge in [0.2, 0.25) is 10.0 Å². The van der Waals surface area contributed by atoms with E-state index in [2.05, 4.69) is 4.72 Å². The van der Waals surface area contributed by atoms with Crippen LogP contribution in [0.5, 0.6) is 0 Å². The summed E-state index contributed by atoms with van der Waals surface area (Å²) in [6.07, 6.45) is 0.811. The molecule has 0 saturated heterocycles. The van der Waals surface area contributed by atoms with Crippen LogP contribution < -0.4 is 4.72 Å². The maximum atomic E-state index is 13.1. The summed E-state index contributed by atoms with van der Waals surface area (Å²) in [5.74, 6) is -1.56. The van der Waals surface area contributed by atoms with Crippen LogP contribution in [0.4, 0.5) is 0 Å². The number of carboxylic acids is 1. The van der Waals surface area contributed by atoms with Gasteiger partial charge in [-0.1, -0.05) is 54.1 Å². The first-order chi connectivity index (χ1) is 14.3. The second-order valence-electron chi connectivity index (χ2n) is 7.85. The Bertz CT molecular complexity index is 1290. The van der Waals surface area contributed by atoms with Crippen molar-refractivity contribution in [1.29, 1.82) is 0 Å². The third kappa shape index (κ3) is 3.03. The summed E-state index contributed by atoms with van der Waals surface area (Å²) >= 11 is 6.08. The van der Waals surface area contributed by atoms with E-state index in [1.54, 1.807) is 12.1 Å². The van der Waals surface area contributed by atoms with Crippen molar-refractivity contribution < 1.29 is 18.3 Å². The molecule has 3 aromatic carbocycles. The molecule has 2 atom stereocenters. The van der Waals surface area contributed by atoms with Crippen molar-refractivity contribution in [3.8, 4) is 11.1 Å². The molecule has 7 heteroatoms. The van der Waals surface area contributed by atoms with Crippen molar-refractivity contribution in [1.82, 2.24) is 4.72 Å². The van der Waals surface area contributed by atoms with Crippen LogP contribution in [-0.2, 0) is 21.2 Å². The highest BCUT2D eigenvalue weighted by atomic mass is 35.5. The number of carbonyl (C=O) groups is 1. The first-order valence-electron chi connectivity index (χ1n) is 9.54. The van der Waals surface area contributed by atoms with Crippen LogP contribution in [0.3, 0.4) is 0 Å². The van der Waals surface area contributed by atoms with Crippen molar-refractivity contribution in [2.45, 2.75) is 29.2 Å². The Hall–Kier alpha value is -2.67. The average Bonchev–Trinajstić information content (AvgIpc) is 3.33. The largest absolute Gasteiger partial charge is 0.480 e. The Morgan fingerprint density at radius 3 is 2.37 bits per heavy atom. The van der Waals surface area contributed by atoms with Crippen LogP contribution in [0.15, 0.2) is 71.6 Å². The van der Waals surface area contributed by atoms with Gasteiger partial charge in [-0.3, -0.25) is 4.79 Å². The predicted octanol–water partition coefficient (Wildman–Crippen LogP) is 4.20. The fourth-order valence-corrected chi connectivity index (χ4v) is 6.01. The van der Waals surface area contributed by atoms with Gasteiger partial charge in [-0.15, -0.1) is 0 Å². The standard InChI is InChI=1S/C23H18ClNO4S/c24-17-6-8-19-15(11-17)10-16-12-18(7-9-20(16)19)30(28,29)25-23(22(26)27)13-21(23)14-4-2-1-3-5-14/h1-9,11-12,21,25H,10,13H2,(H,26,27)/t21-,23+/m1/s1. The molecular formula is C23H18ClNO4S. The molecule has 0 radical (unpaired) electrons. The summed E-state index contributed by atoms with van der Waals surface area (Å²) in [6, 6.07) is 19.7. The van der Waals surface area contributed by atoms with Gasteiger partial charge in [0.1, 0.15) is 5.54 Å². The van der Waals surface area contributed by atoms with Gasteiger partial charge >= 0.3 is 5.97 Å². The topological polar surface area (TPSA) is 83.5 Å². The second kappa shape index (κ2) is 6.67. The fourth-order valence-electron chi connectivity index (χ4n) is 4.37. The van der Waals surface area contributed by atoms with Crippen LogP contribution >= 0.6 is 11.6 Å². The molecule has 5 rings (SSSR count). The molecular weight excluding hydrogens is 422 g/mol. The van der Waals surface area contributed by atoms with Gasteiger partial charge in [0.25, 0.3) is 0 Å². The van der Waals surface area contributed by atoms with E-state index in [0.717, 1.165) is 27.8 Å². The Morgan fingerprint density at radius 2 is 1.67 bits per heavy atom. The first-order valence-corrected chi connectivity index (χ1v) is 11.4. The summed E-state index contributed by atoms with van der Waals surface area (Å²) in [4.78, 5) is 12.1. The molecule has 0 amide bonds. The van der Waals surface area contributed by atoms with E-state index in [0.29, 0.717) is 11.4 Å². The molecule has 2 aliphatic carbocycles. The molecule has 152 valence electrons. The van der Waals surface area contributed by atoms with E-state index in [9.17, 15) is 18.3 Å². The molecule has 30 heavy (non-hydrogen) atoms. The third-order valence-electron chi connectivity index (χ3n) is 5.99. The number of hydrogen-bond donors (Lipinski definition) is 2. The number of benzene rings is 3. The van der Waals surface area contributed by atoms with Crippen molar-refractivity contribution in [3.05, 3.63) is 88.4 Å². The molecule has 5 nitrogen and oxygen atoms in total. The summed E-state index contributed by atoms with van der Waals surface area (Å²) < 4.78 is 28.7. The van der Waals surface area contributed by atoms with Crippen LogP contribution in [0.2, 0.25) is 5.02 Å². The molecule has 2 aliphatic rings. The Labute approximate surface area is 179 Å². The molecule has 1 saturated carbocycles. The average molecular weight is 440 g/mol. The zero-order valence-electron chi connectivity index (χ0n) is 15.8. The van der Waals surface area contributed by atoms with E-state index in [-0.39, 0.29) is 11.3 Å². The van der Waals surface area contributed by atoms with Gasteiger partial charge in [0.05, 0.1) is 4.90 Å². The maximum Gasteiger partial charge on any atom is 0.325 e. The monoisotopic (exact) mass is 439 g/mol. The molecule has 0 heterocycles. The number of carboxylic acid groups (broad SMARTS) is 1. The SMILES string of the molecule is O=C(O)[C@]1(NS(=O)(=O)c2ccc3c(c2)Cc2cc(Cl)ccc2-3)C[C@@H]1c1ccccc1. The minimum Gasteiger partial charge on any atom is -0.480 e. The van der Waals surface area contributed by atoms with Gasteiger partial charge in [-0.05, 0) is 64.9 Å². The quantitative estimate of drug-likeness (QED) is 0.488. The van der Waals surface area contributed by atoms with E-state index in [1.165, 1.54) is 6.07 Å². The number of fused-ring (bicyclic) bond motifs is 3. The lowest BCUT2D eigenvalue weighted by Crippen LogP contribution is -2.44. The van der Waals surface area contributed by atoms with Crippen LogP contribution in [0, 0.1) is 0 Å². The van der Waals surface area contributed by atoms with E-state index in [1.807, 2.05) is 48.5 Å². The third-order valence-corrected chi connectivity index (χ3v) is 7.73. The minimum atomic E-state index is -4.02. The van der Waals surface area contributed by atoms with E-state index < -0.39 is 27.4 Å². The number of nitrogens with one attached hydrogen (secondary N) is 1. The van der Waals surface area contributed by atoms with E-state index >= 15 is 0 Å². The molecule has 2 N–H and O–H groups in total. The number of halogens is 1. The van der Waals surface area contributed by atoms with Gasteiger partial charge in [0.15, 0.2) is 0 Å². The number of rotatable bonds is 5. The molecule has 3 aromatic rings. The van der Waals surface area contributed by atoms with Gasteiger partial charge < -0.3 is 5.11 Å². The lowest BCUT2D eigenvalue weighted by atomic mass is 10.1. The molecule has 0 bridgehead atoms. The first kappa shape index (κ1) is 19.3. The molecule has 0 spiro atoms. The highest BCUT2D eigenvalue weighted by Crippen LogP contribution is 2.52. The number of sulfonamides is 1. The highest BCUT2D eigenvalue weighted by Gasteiger charge is 2.63. The van der Waals surface area contributed by atoms with Crippen LogP contribution in [0.1, 0.15) is 29.0 Å². The smallest absolute Gasteiger partial charge is 0.325 e. The van der Waals surface area contributed by atoms with Gasteiger partial charge in [-0.25, -0.2) is 8.42 Å². The molecule has 0 aliphatic heterocycles. The Morgan fingerprint density at radius 1 is 1.00 bits per heavy atom. The van der Waals surface area contributed by atoms with Crippen LogP contribution in [0.25, 0.3) is 11.1 Å². The predicted molar refractivity (Wildman–Crippen MR) is 114 cm³/mol. The summed E-state index contributed by atoms with van der Waals surface area (Å²) in [5, 5.41) is 10.4.